The maximum absolute atomic E-state index is 5.90. The predicted molar refractivity (Wildman–Crippen MR) is 69.5 cm³/mol. The number of likely N-dealkylation sites (tertiary alicyclic amines) is 1. The summed E-state index contributed by atoms with van der Waals surface area (Å²) in [7, 11) is 0. The smallest absolute Gasteiger partial charge is 0.0635 e. The average molecular weight is 239 g/mol. The largest absolute Gasteiger partial charge is 0.398 e. The van der Waals surface area contributed by atoms with Crippen LogP contribution in [0.4, 0.5) is 5.69 Å². The zero-order valence-corrected chi connectivity index (χ0v) is 10.5. The topological polar surface area (TPSA) is 29.3 Å². The summed E-state index contributed by atoms with van der Waals surface area (Å²) < 4.78 is 0. The van der Waals surface area contributed by atoms with Gasteiger partial charge in [0.1, 0.15) is 0 Å². The zero-order valence-electron chi connectivity index (χ0n) is 9.75. The molecule has 1 aliphatic heterocycles. The summed E-state index contributed by atoms with van der Waals surface area (Å²) in [5.74, 6) is 0.881. The Kier molecular flexibility index (Phi) is 3.72. The second kappa shape index (κ2) is 5.07. The minimum absolute atomic E-state index is 0.649. The molecule has 2 rings (SSSR count). The van der Waals surface area contributed by atoms with Gasteiger partial charge in [-0.25, -0.2) is 0 Å². The summed E-state index contributed by atoms with van der Waals surface area (Å²) in [6.45, 7) is 5.72. The molecule has 1 heterocycles. The molecule has 0 atom stereocenters. The molecule has 0 aliphatic carbocycles. The highest BCUT2D eigenvalue weighted by Gasteiger charge is 2.15. The van der Waals surface area contributed by atoms with Crippen LogP contribution in [-0.2, 0) is 6.54 Å². The molecule has 0 spiro atoms. The van der Waals surface area contributed by atoms with E-state index in [0.717, 1.165) is 12.5 Å². The van der Waals surface area contributed by atoms with E-state index < -0.39 is 0 Å². The SMILES string of the molecule is CC1CCN(Cc2ccc(Cl)c(N)c2)CC1. The van der Waals surface area contributed by atoms with Crippen LogP contribution in [0.25, 0.3) is 0 Å². The number of hydrogen-bond donors (Lipinski definition) is 1. The number of halogens is 1. The molecule has 1 fully saturated rings. The highest BCUT2D eigenvalue weighted by molar-refractivity contribution is 6.33. The van der Waals surface area contributed by atoms with Crippen LogP contribution < -0.4 is 5.73 Å². The van der Waals surface area contributed by atoms with Gasteiger partial charge < -0.3 is 5.73 Å². The van der Waals surface area contributed by atoms with Crippen LogP contribution in [0.3, 0.4) is 0 Å². The maximum atomic E-state index is 5.90. The van der Waals surface area contributed by atoms with E-state index in [0.29, 0.717) is 10.7 Å². The first-order valence-electron chi connectivity index (χ1n) is 5.91. The van der Waals surface area contributed by atoms with E-state index in [2.05, 4.69) is 17.9 Å². The van der Waals surface area contributed by atoms with Gasteiger partial charge in [0.25, 0.3) is 0 Å². The molecule has 88 valence electrons. The van der Waals surface area contributed by atoms with Crippen LogP contribution in [0.15, 0.2) is 18.2 Å². The van der Waals surface area contributed by atoms with Gasteiger partial charge in [-0.3, -0.25) is 4.90 Å². The van der Waals surface area contributed by atoms with Gasteiger partial charge in [-0.15, -0.1) is 0 Å². The van der Waals surface area contributed by atoms with E-state index in [-0.39, 0.29) is 0 Å². The van der Waals surface area contributed by atoms with Gasteiger partial charge in [0, 0.05) is 6.54 Å². The predicted octanol–water partition coefficient (Wildman–Crippen LogP) is 3.15. The number of rotatable bonds is 2. The fourth-order valence-electron chi connectivity index (χ4n) is 2.17. The molecule has 0 aromatic heterocycles. The highest BCUT2D eigenvalue weighted by Crippen LogP contribution is 2.22. The van der Waals surface area contributed by atoms with E-state index >= 15 is 0 Å². The molecule has 3 heteroatoms. The van der Waals surface area contributed by atoms with E-state index in [1.807, 2.05) is 12.1 Å². The van der Waals surface area contributed by atoms with Crippen LogP contribution in [0, 0.1) is 5.92 Å². The molecule has 0 unspecified atom stereocenters. The number of nitrogen functional groups attached to an aromatic ring is 1. The molecule has 16 heavy (non-hydrogen) atoms. The van der Waals surface area contributed by atoms with Gasteiger partial charge in [-0.1, -0.05) is 24.6 Å². The Morgan fingerprint density at radius 2 is 2.06 bits per heavy atom. The summed E-state index contributed by atoms with van der Waals surface area (Å²) in [6.07, 6.45) is 2.62. The number of piperidine rings is 1. The summed E-state index contributed by atoms with van der Waals surface area (Å²) in [6, 6.07) is 5.94. The molecule has 0 amide bonds. The van der Waals surface area contributed by atoms with Crippen molar-refractivity contribution in [1.29, 1.82) is 0 Å². The molecular weight excluding hydrogens is 220 g/mol. The molecule has 1 aromatic carbocycles. The van der Waals surface area contributed by atoms with E-state index in [4.69, 9.17) is 17.3 Å². The number of nitrogens with zero attached hydrogens (tertiary/aromatic N) is 1. The Balaban J connectivity index is 1.96. The molecule has 1 aliphatic rings. The van der Waals surface area contributed by atoms with Gasteiger partial charge in [0.2, 0.25) is 0 Å². The molecule has 1 aromatic rings. The third kappa shape index (κ3) is 2.89. The van der Waals surface area contributed by atoms with Crippen LogP contribution in [0.2, 0.25) is 5.02 Å². The van der Waals surface area contributed by atoms with Crippen molar-refractivity contribution in [1.82, 2.24) is 4.90 Å². The van der Waals surface area contributed by atoms with E-state index in [9.17, 15) is 0 Å². The Bertz CT molecular complexity index is 357. The molecule has 0 bridgehead atoms. The number of hydrogen-bond acceptors (Lipinski definition) is 2. The Morgan fingerprint density at radius 1 is 1.38 bits per heavy atom. The highest BCUT2D eigenvalue weighted by atomic mass is 35.5. The fourth-order valence-corrected chi connectivity index (χ4v) is 2.29. The van der Waals surface area contributed by atoms with Crippen molar-refractivity contribution in [2.24, 2.45) is 5.92 Å². The third-order valence-corrected chi connectivity index (χ3v) is 3.69. The maximum Gasteiger partial charge on any atom is 0.0635 e. The molecule has 0 saturated carbocycles. The van der Waals surface area contributed by atoms with Gasteiger partial charge in [0.15, 0.2) is 0 Å². The van der Waals surface area contributed by atoms with Crippen molar-refractivity contribution in [2.75, 3.05) is 18.8 Å². The summed E-state index contributed by atoms with van der Waals surface area (Å²) >= 11 is 5.90. The van der Waals surface area contributed by atoms with Crippen LogP contribution >= 0.6 is 11.6 Å². The minimum atomic E-state index is 0.649. The monoisotopic (exact) mass is 238 g/mol. The van der Waals surface area contributed by atoms with Crippen molar-refractivity contribution in [2.45, 2.75) is 26.3 Å². The number of anilines is 1. The van der Waals surface area contributed by atoms with Gasteiger partial charge in [0.05, 0.1) is 10.7 Å². The van der Waals surface area contributed by atoms with Crippen LogP contribution in [0.1, 0.15) is 25.3 Å². The van der Waals surface area contributed by atoms with Gasteiger partial charge in [-0.2, -0.15) is 0 Å². The van der Waals surface area contributed by atoms with Crippen molar-refractivity contribution in [3.63, 3.8) is 0 Å². The molecular formula is C13H19ClN2. The summed E-state index contributed by atoms with van der Waals surface area (Å²) in [4.78, 5) is 2.49. The second-order valence-electron chi connectivity index (χ2n) is 4.81. The Hall–Kier alpha value is -0.730. The third-order valence-electron chi connectivity index (χ3n) is 3.34. The Morgan fingerprint density at radius 3 is 2.69 bits per heavy atom. The van der Waals surface area contributed by atoms with E-state index in [1.54, 1.807) is 0 Å². The first-order valence-corrected chi connectivity index (χ1v) is 6.29. The van der Waals surface area contributed by atoms with Gasteiger partial charge >= 0.3 is 0 Å². The van der Waals surface area contributed by atoms with Crippen molar-refractivity contribution in [3.05, 3.63) is 28.8 Å². The van der Waals surface area contributed by atoms with Gasteiger partial charge in [-0.05, 0) is 49.5 Å². The number of nitrogens with two attached hydrogens (primary N) is 1. The van der Waals surface area contributed by atoms with Crippen LogP contribution in [-0.4, -0.2) is 18.0 Å². The number of benzene rings is 1. The summed E-state index contributed by atoms with van der Waals surface area (Å²) in [5, 5.41) is 0.649. The standard InChI is InChI=1S/C13H19ClN2/c1-10-4-6-16(7-5-10)9-11-2-3-12(14)13(15)8-11/h2-3,8,10H,4-7,9,15H2,1H3. The zero-order chi connectivity index (χ0) is 11.5. The molecule has 2 N–H and O–H groups in total. The van der Waals surface area contributed by atoms with Crippen LogP contribution in [0.5, 0.6) is 0 Å². The first kappa shape index (κ1) is 11.7. The average Bonchev–Trinajstić information content (AvgIpc) is 2.27. The first-order chi connectivity index (χ1) is 7.65. The van der Waals surface area contributed by atoms with Crippen molar-refractivity contribution < 1.29 is 0 Å². The lowest BCUT2D eigenvalue weighted by Crippen LogP contribution is -2.32. The van der Waals surface area contributed by atoms with Crippen molar-refractivity contribution >= 4 is 17.3 Å². The molecule has 1 saturated heterocycles. The second-order valence-corrected chi connectivity index (χ2v) is 5.22. The molecule has 2 nitrogen and oxygen atoms in total. The quantitative estimate of drug-likeness (QED) is 0.802. The lowest BCUT2D eigenvalue weighted by atomic mass is 9.99. The fraction of sp³-hybridized carbons (Fsp3) is 0.538. The Labute approximate surface area is 102 Å². The van der Waals surface area contributed by atoms with E-state index in [1.165, 1.54) is 31.5 Å². The lowest BCUT2D eigenvalue weighted by molar-refractivity contribution is 0.185. The summed E-state index contributed by atoms with van der Waals surface area (Å²) in [5.41, 5.74) is 7.74. The minimum Gasteiger partial charge on any atom is -0.398 e. The lowest BCUT2D eigenvalue weighted by Gasteiger charge is -2.30. The normalized spacial score (nSPS) is 18.9. The van der Waals surface area contributed by atoms with Crippen molar-refractivity contribution in [3.8, 4) is 0 Å². The molecule has 0 radical (unpaired) electrons.